The van der Waals surface area contributed by atoms with E-state index in [1.165, 1.54) is 0 Å². The molecule has 0 aliphatic carbocycles. The fourth-order valence-corrected chi connectivity index (χ4v) is 3.94. The first-order valence-corrected chi connectivity index (χ1v) is 10.2. The minimum atomic E-state index is -0.506. The normalized spacial score (nSPS) is 18.5. The minimum absolute atomic E-state index is 0.0227. The number of ketones is 1. The third kappa shape index (κ3) is 5.47. The van der Waals surface area contributed by atoms with E-state index in [1.807, 2.05) is 80.3 Å². The number of carbonyl (C=O) groups excluding carboxylic acids is 2. The largest absolute Gasteiger partial charge is 0.444 e. The minimum Gasteiger partial charge on any atom is -0.444 e. The number of likely N-dealkylation sites (tertiary alicyclic amines) is 1. The highest BCUT2D eigenvalue weighted by Crippen LogP contribution is 2.36. The highest BCUT2D eigenvalue weighted by molar-refractivity contribution is 6.08. The number of nitrogens with zero attached hydrogens (tertiary/aromatic N) is 1. The maximum atomic E-state index is 12.7. The van der Waals surface area contributed by atoms with Crippen LogP contribution in [0.15, 0.2) is 54.6 Å². The van der Waals surface area contributed by atoms with Gasteiger partial charge >= 0.3 is 6.09 Å². The summed E-state index contributed by atoms with van der Waals surface area (Å²) in [5.41, 5.74) is 2.04. The van der Waals surface area contributed by atoms with Crippen molar-refractivity contribution in [3.05, 3.63) is 71.3 Å². The Kier molecular flexibility index (Phi) is 5.83. The van der Waals surface area contributed by atoms with E-state index in [0.29, 0.717) is 17.7 Å². The molecule has 0 saturated carbocycles. The van der Waals surface area contributed by atoms with Gasteiger partial charge in [-0.1, -0.05) is 68.4 Å². The smallest absolute Gasteiger partial charge is 0.410 e. The maximum Gasteiger partial charge on any atom is 0.410 e. The zero-order valence-corrected chi connectivity index (χ0v) is 18.1. The standard InChI is InChI=1S/C25H31NO3/c1-24(2,3)29-23(28)26-17-25(4,5)16-21(26)15-18-11-13-20(14-12-18)22(27)19-9-7-6-8-10-19/h6-14,21H,15-17H2,1-5H3. The van der Waals surface area contributed by atoms with Crippen LogP contribution in [-0.4, -0.2) is 35.0 Å². The molecule has 0 radical (unpaired) electrons. The van der Waals surface area contributed by atoms with Crippen LogP contribution in [0.4, 0.5) is 4.79 Å². The molecule has 1 saturated heterocycles. The lowest BCUT2D eigenvalue weighted by Crippen LogP contribution is -2.41. The van der Waals surface area contributed by atoms with Crippen LogP contribution in [0.3, 0.4) is 0 Å². The van der Waals surface area contributed by atoms with E-state index in [9.17, 15) is 9.59 Å². The van der Waals surface area contributed by atoms with Gasteiger partial charge in [0.1, 0.15) is 5.60 Å². The Hall–Kier alpha value is -2.62. The quantitative estimate of drug-likeness (QED) is 0.645. The van der Waals surface area contributed by atoms with Gasteiger partial charge in [0.15, 0.2) is 5.78 Å². The predicted octanol–water partition coefficient (Wildman–Crippen LogP) is 5.50. The second-order valence-electron chi connectivity index (χ2n) is 9.73. The van der Waals surface area contributed by atoms with Gasteiger partial charge in [0.25, 0.3) is 0 Å². The first kappa shape index (κ1) is 21.1. The Morgan fingerprint density at radius 2 is 1.59 bits per heavy atom. The van der Waals surface area contributed by atoms with Gasteiger partial charge in [-0.25, -0.2) is 4.79 Å². The molecule has 1 atom stereocenters. The summed E-state index contributed by atoms with van der Waals surface area (Å²) in [6, 6.07) is 17.1. The molecular weight excluding hydrogens is 362 g/mol. The van der Waals surface area contributed by atoms with E-state index in [1.54, 1.807) is 0 Å². The van der Waals surface area contributed by atoms with Gasteiger partial charge in [-0.2, -0.15) is 0 Å². The summed E-state index contributed by atoms with van der Waals surface area (Å²) < 4.78 is 5.62. The molecule has 1 amide bonds. The Morgan fingerprint density at radius 3 is 2.17 bits per heavy atom. The van der Waals surface area contributed by atoms with E-state index in [4.69, 9.17) is 4.74 Å². The Labute approximate surface area is 173 Å². The SMILES string of the molecule is CC1(C)CC(Cc2ccc(C(=O)c3ccccc3)cc2)N(C(=O)OC(C)(C)C)C1. The van der Waals surface area contributed by atoms with Crippen molar-refractivity contribution in [3.8, 4) is 0 Å². The molecule has 2 aromatic rings. The molecule has 1 aliphatic rings. The predicted molar refractivity (Wildman–Crippen MR) is 115 cm³/mol. The van der Waals surface area contributed by atoms with Crippen LogP contribution in [0, 0.1) is 5.41 Å². The summed E-state index contributed by atoms with van der Waals surface area (Å²) in [6.07, 6.45) is 1.43. The van der Waals surface area contributed by atoms with Gasteiger partial charge in [-0.3, -0.25) is 4.79 Å². The molecule has 0 N–H and O–H groups in total. The van der Waals surface area contributed by atoms with E-state index in [2.05, 4.69) is 13.8 Å². The molecule has 0 spiro atoms. The van der Waals surface area contributed by atoms with E-state index in [0.717, 1.165) is 18.4 Å². The zero-order valence-electron chi connectivity index (χ0n) is 18.1. The van der Waals surface area contributed by atoms with E-state index >= 15 is 0 Å². The van der Waals surface area contributed by atoms with Crippen LogP contribution < -0.4 is 0 Å². The molecule has 1 aliphatic heterocycles. The number of ether oxygens (including phenoxy) is 1. The molecule has 3 rings (SSSR count). The molecule has 1 fully saturated rings. The fourth-order valence-electron chi connectivity index (χ4n) is 3.94. The number of benzene rings is 2. The highest BCUT2D eigenvalue weighted by atomic mass is 16.6. The molecule has 4 nitrogen and oxygen atoms in total. The van der Waals surface area contributed by atoms with Crippen LogP contribution in [0.5, 0.6) is 0 Å². The average molecular weight is 394 g/mol. The van der Waals surface area contributed by atoms with Gasteiger partial charge in [-0.05, 0) is 44.6 Å². The fraction of sp³-hybridized carbons (Fsp3) is 0.440. The van der Waals surface area contributed by atoms with Crippen LogP contribution in [0.1, 0.15) is 62.5 Å². The van der Waals surface area contributed by atoms with Crippen molar-refractivity contribution in [2.24, 2.45) is 5.41 Å². The van der Waals surface area contributed by atoms with Gasteiger partial charge in [0.05, 0.1) is 0 Å². The van der Waals surface area contributed by atoms with Crippen LogP contribution in [0.2, 0.25) is 0 Å². The molecule has 2 aromatic carbocycles. The number of rotatable bonds is 4. The molecule has 0 bridgehead atoms. The van der Waals surface area contributed by atoms with Crippen molar-refractivity contribution < 1.29 is 14.3 Å². The lowest BCUT2D eigenvalue weighted by atomic mass is 9.89. The van der Waals surface area contributed by atoms with Crippen molar-refractivity contribution in [3.63, 3.8) is 0 Å². The summed E-state index contributed by atoms with van der Waals surface area (Å²) >= 11 is 0. The summed E-state index contributed by atoms with van der Waals surface area (Å²) in [4.78, 5) is 27.2. The van der Waals surface area contributed by atoms with Crippen molar-refractivity contribution in [1.29, 1.82) is 0 Å². The first-order chi connectivity index (χ1) is 13.5. The average Bonchev–Trinajstić information content (AvgIpc) is 2.95. The lowest BCUT2D eigenvalue weighted by molar-refractivity contribution is 0.0214. The summed E-state index contributed by atoms with van der Waals surface area (Å²) in [5.74, 6) is 0.0227. The Balaban J connectivity index is 1.72. The molecule has 0 aromatic heterocycles. The van der Waals surface area contributed by atoms with Crippen molar-refractivity contribution >= 4 is 11.9 Å². The maximum absolute atomic E-state index is 12.7. The topological polar surface area (TPSA) is 46.6 Å². The second kappa shape index (κ2) is 8.02. The monoisotopic (exact) mass is 393 g/mol. The van der Waals surface area contributed by atoms with Crippen LogP contribution in [-0.2, 0) is 11.2 Å². The van der Waals surface area contributed by atoms with Crippen molar-refractivity contribution in [2.45, 2.75) is 59.1 Å². The third-order valence-corrected chi connectivity index (χ3v) is 5.18. The Morgan fingerprint density at radius 1 is 1.00 bits per heavy atom. The first-order valence-electron chi connectivity index (χ1n) is 10.2. The number of carbonyl (C=O) groups is 2. The lowest BCUT2D eigenvalue weighted by Gasteiger charge is -2.29. The van der Waals surface area contributed by atoms with Gasteiger partial charge in [-0.15, -0.1) is 0 Å². The summed E-state index contributed by atoms with van der Waals surface area (Å²) in [6.45, 7) is 10.7. The molecule has 154 valence electrons. The summed E-state index contributed by atoms with van der Waals surface area (Å²) in [7, 11) is 0. The van der Waals surface area contributed by atoms with Gasteiger partial charge in [0.2, 0.25) is 0 Å². The van der Waals surface area contributed by atoms with Crippen LogP contribution in [0.25, 0.3) is 0 Å². The van der Waals surface area contributed by atoms with E-state index < -0.39 is 5.60 Å². The Bertz CT molecular complexity index is 863. The third-order valence-electron chi connectivity index (χ3n) is 5.18. The number of hydrogen-bond donors (Lipinski definition) is 0. The van der Waals surface area contributed by atoms with Gasteiger partial charge < -0.3 is 9.64 Å². The molecule has 29 heavy (non-hydrogen) atoms. The zero-order chi connectivity index (χ0) is 21.2. The van der Waals surface area contributed by atoms with Crippen molar-refractivity contribution in [2.75, 3.05) is 6.54 Å². The molecule has 1 unspecified atom stereocenters. The second-order valence-corrected chi connectivity index (χ2v) is 9.73. The van der Waals surface area contributed by atoms with E-state index in [-0.39, 0.29) is 23.3 Å². The summed E-state index contributed by atoms with van der Waals surface area (Å²) in [5, 5.41) is 0. The molecule has 4 heteroatoms. The molecule has 1 heterocycles. The highest BCUT2D eigenvalue weighted by Gasteiger charge is 2.41. The molecular formula is C25H31NO3. The number of amides is 1. The van der Waals surface area contributed by atoms with Crippen molar-refractivity contribution in [1.82, 2.24) is 4.90 Å². The number of hydrogen-bond acceptors (Lipinski definition) is 3. The van der Waals surface area contributed by atoms with Crippen LogP contribution >= 0.6 is 0 Å². The van der Waals surface area contributed by atoms with Gasteiger partial charge in [0, 0.05) is 23.7 Å².